The van der Waals surface area contributed by atoms with E-state index in [0.29, 0.717) is 11.3 Å². The molecule has 19 heavy (non-hydrogen) atoms. The van der Waals surface area contributed by atoms with E-state index < -0.39 is 5.97 Å². The highest BCUT2D eigenvalue weighted by Gasteiger charge is 2.19. The Labute approximate surface area is 110 Å². The normalized spacial score (nSPS) is 9.68. The van der Waals surface area contributed by atoms with Crippen LogP contribution in [0.2, 0.25) is 0 Å². The molecular weight excluding hydrogens is 248 g/mol. The van der Waals surface area contributed by atoms with Crippen molar-refractivity contribution in [2.45, 2.75) is 6.42 Å². The van der Waals surface area contributed by atoms with Gasteiger partial charge in [0.05, 0.1) is 17.7 Å². The van der Waals surface area contributed by atoms with E-state index in [9.17, 15) is 9.59 Å². The molecule has 1 amide bonds. The lowest BCUT2D eigenvalue weighted by Crippen LogP contribution is -2.36. The standard InChI is InChI=1S/C13H14N2O4/c1-19-9-12(16)15(7-6-13(17)18)11-5-3-2-4-10(11)8-14/h2-5H,6-7,9H2,1H3,(H,17,18). The monoisotopic (exact) mass is 262 g/mol. The maximum Gasteiger partial charge on any atom is 0.305 e. The predicted octanol–water partition coefficient (Wildman–Crippen LogP) is 1.01. The minimum Gasteiger partial charge on any atom is -0.481 e. The molecular formula is C13H14N2O4. The van der Waals surface area contributed by atoms with Gasteiger partial charge in [-0.25, -0.2) is 0 Å². The average Bonchev–Trinajstić information content (AvgIpc) is 2.39. The summed E-state index contributed by atoms with van der Waals surface area (Å²) in [6.07, 6.45) is -0.199. The van der Waals surface area contributed by atoms with Crippen molar-refractivity contribution < 1.29 is 19.4 Å². The first-order chi connectivity index (χ1) is 9.10. The number of carbonyl (C=O) groups is 2. The number of carboxylic acids is 1. The molecule has 0 unspecified atom stereocenters. The minimum atomic E-state index is -1.01. The molecule has 0 aliphatic carbocycles. The van der Waals surface area contributed by atoms with E-state index >= 15 is 0 Å². The highest BCUT2D eigenvalue weighted by molar-refractivity contribution is 5.96. The third-order valence-corrected chi connectivity index (χ3v) is 2.43. The van der Waals surface area contributed by atoms with E-state index in [1.165, 1.54) is 12.0 Å². The number of nitriles is 1. The molecule has 0 radical (unpaired) electrons. The van der Waals surface area contributed by atoms with Crippen LogP contribution in [0.25, 0.3) is 0 Å². The summed E-state index contributed by atoms with van der Waals surface area (Å²) in [7, 11) is 1.38. The second-order valence-corrected chi connectivity index (χ2v) is 3.75. The molecule has 0 fully saturated rings. The first-order valence-corrected chi connectivity index (χ1v) is 5.60. The lowest BCUT2D eigenvalue weighted by Gasteiger charge is -2.22. The van der Waals surface area contributed by atoms with Gasteiger partial charge in [-0.15, -0.1) is 0 Å². The fourth-order valence-electron chi connectivity index (χ4n) is 1.59. The van der Waals surface area contributed by atoms with Crippen molar-refractivity contribution in [2.24, 2.45) is 0 Å². The first-order valence-electron chi connectivity index (χ1n) is 5.60. The molecule has 0 aliphatic heterocycles. The Kier molecular flexibility index (Phi) is 5.51. The summed E-state index contributed by atoms with van der Waals surface area (Å²) in [5.41, 5.74) is 0.714. The Morgan fingerprint density at radius 1 is 1.42 bits per heavy atom. The Morgan fingerprint density at radius 3 is 2.68 bits per heavy atom. The lowest BCUT2D eigenvalue weighted by molar-refractivity contribution is -0.136. The molecule has 0 saturated carbocycles. The Morgan fingerprint density at radius 2 is 2.11 bits per heavy atom. The summed E-state index contributed by atoms with van der Waals surface area (Å²) in [5, 5.41) is 17.7. The maximum absolute atomic E-state index is 11.9. The number of aliphatic carboxylic acids is 1. The van der Waals surface area contributed by atoms with Crippen LogP contribution in [0.1, 0.15) is 12.0 Å². The van der Waals surface area contributed by atoms with Gasteiger partial charge in [-0.05, 0) is 12.1 Å². The van der Waals surface area contributed by atoms with Gasteiger partial charge in [0.15, 0.2) is 0 Å². The van der Waals surface area contributed by atoms with Crippen molar-refractivity contribution in [1.82, 2.24) is 0 Å². The number of para-hydroxylation sites is 1. The van der Waals surface area contributed by atoms with Gasteiger partial charge in [0, 0.05) is 13.7 Å². The molecule has 1 rings (SSSR count). The van der Waals surface area contributed by atoms with Crippen LogP contribution >= 0.6 is 0 Å². The number of rotatable bonds is 6. The minimum absolute atomic E-state index is 0.00375. The topological polar surface area (TPSA) is 90.6 Å². The van der Waals surface area contributed by atoms with Gasteiger partial charge in [-0.1, -0.05) is 12.1 Å². The summed E-state index contributed by atoms with van der Waals surface area (Å²) >= 11 is 0. The number of hydrogen-bond donors (Lipinski definition) is 1. The van der Waals surface area contributed by atoms with Crippen molar-refractivity contribution in [1.29, 1.82) is 5.26 Å². The lowest BCUT2D eigenvalue weighted by atomic mass is 10.1. The van der Waals surface area contributed by atoms with Gasteiger partial charge < -0.3 is 14.7 Å². The molecule has 6 nitrogen and oxygen atoms in total. The van der Waals surface area contributed by atoms with E-state index in [4.69, 9.17) is 15.1 Å². The zero-order valence-electron chi connectivity index (χ0n) is 10.5. The number of anilines is 1. The van der Waals surface area contributed by atoms with Gasteiger partial charge in [-0.3, -0.25) is 9.59 Å². The smallest absolute Gasteiger partial charge is 0.305 e. The summed E-state index contributed by atoms with van der Waals surface area (Å²) in [6.45, 7) is -0.171. The fourth-order valence-corrected chi connectivity index (χ4v) is 1.59. The highest BCUT2D eigenvalue weighted by atomic mass is 16.5. The molecule has 0 aliphatic rings. The number of carboxylic acid groups (broad SMARTS) is 1. The van der Waals surface area contributed by atoms with Crippen LogP contribution in [0.3, 0.4) is 0 Å². The van der Waals surface area contributed by atoms with E-state index in [1.54, 1.807) is 24.3 Å². The number of amides is 1. The molecule has 0 aromatic heterocycles. The van der Waals surface area contributed by atoms with Crippen LogP contribution in [0.4, 0.5) is 5.69 Å². The van der Waals surface area contributed by atoms with Crippen molar-refractivity contribution in [2.75, 3.05) is 25.2 Å². The predicted molar refractivity (Wildman–Crippen MR) is 67.6 cm³/mol. The first kappa shape index (κ1) is 14.7. The fraction of sp³-hybridized carbons (Fsp3) is 0.308. The van der Waals surface area contributed by atoms with Crippen LogP contribution in [-0.2, 0) is 14.3 Å². The van der Waals surface area contributed by atoms with Crippen LogP contribution < -0.4 is 4.90 Å². The number of hydrogen-bond acceptors (Lipinski definition) is 4. The molecule has 1 N–H and O–H groups in total. The van der Waals surface area contributed by atoms with Crippen LogP contribution in [0.5, 0.6) is 0 Å². The maximum atomic E-state index is 11.9. The molecule has 1 aromatic carbocycles. The quantitative estimate of drug-likeness (QED) is 0.826. The Balaban J connectivity index is 3.04. The van der Waals surface area contributed by atoms with Crippen molar-refractivity contribution in [3.63, 3.8) is 0 Å². The van der Waals surface area contributed by atoms with Crippen molar-refractivity contribution >= 4 is 17.6 Å². The second kappa shape index (κ2) is 7.13. The third kappa shape index (κ3) is 4.08. The molecule has 0 bridgehead atoms. The van der Waals surface area contributed by atoms with Crippen LogP contribution in [0.15, 0.2) is 24.3 Å². The van der Waals surface area contributed by atoms with Crippen molar-refractivity contribution in [3.8, 4) is 6.07 Å². The van der Waals surface area contributed by atoms with Gasteiger partial charge in [0.1, 0.15) is 12.7 Å². The SMILES string of the molecule is COCC(=O)N(CCC(=O)O)c1ccccc1C#N. The molecule has 0 atom stereocenters. The number of methoxy groups -OCH3 is 1. The van der Waals surface area contributed by atoms with Gasteiger partial charge in [0.25, 0.3) is 5.91 Å². The molecule has 0 heterocycles. The number of nitrogens with zero attached hydrogens (tertiary/aromatic N) is 2. The van der Waals surface area contributed by atoms with E-state index in [2.05, 4.69) is 0 Å². The zero-order valence-corrected chi connectivity index (χ0v) is 10.5. The zero-order chi connectivity index (χ0) is 14.3. The van der Waals surface area contributed by atoms with E-state index in [-0.39, 0.29) is 25.5 Å². The Hall–Kier alpha value is -2.39. The summed E-state index contributed by atoms with van der Waals surface area (Å²) < 4.78 is 4.76. The summed E-state index contributed by atoms with van der Waals surface area (Å²) in [6, 6.07) is 8.52. The highest BCUT2D eigenvalue weighted by Crippen LogP contribution is 2.20. The molecule has 100 valence electrons. The van der Waals surface area contributed by atoms with Gasteiger partial charge >= 0.3 is 5.97 Å². The average molecular weight is 262 g/mol. The van der Waals surface area contributed by atoms with Gasteiger partial charge in [0.2, 0.25) is 0 Å². The number of benzene rings is 1. The number of carbonyl (C=O) groups excluding carboxylic acids is 1. The Bertz CT molecular complexity index is 508. The molecule has 0 spiro atoms. The summed E-state index contributed by atoms with van der Waals surface area (Å²) in [5.74, 6) is -1.39. The number of ether oxygens (including phenoxy) is 1. The third-order valence-electron chi connectivity index (χ3n) is 2.43. The van der Waals surface area contributed by atoms with Crippen LogP contribution in [-0.4, -0.2) is 37.2 Å². The molecule has 1 aromatic rings. The molecule has 6 heteroatoms. The largest absolute Gasteiger partial charge is 0.481 e. The van der Waals surface area contributed by atoms with Gasteiger partial charge in [-0.2, -0.15) is 5.26 Å². The molecule has 0 saturated heterocycles. The van der Waals surface area contributed by atoms with E-state index in [1.807, 2.05) is 6.07 Å². The second-order valence-electron chi connectivity index (χ2n) is 3.75. The van der Waals surface area contributed by atoms with Crippen molar-refractivity contribution in [3.05, 3.63) is 29.8 Å². The summed E-state index contributed by atoms with van der Waals surface area (Å²) in [4.78, 5) is 23.8. The van der Waals surface area contributed by atoms with Crippen LogP contribution in [0, 0.1) is 11.3 Å². The van der Waals surface area contributed by atoms with E-state index in [0.717, 1.165) is 0 Å².